The van der Waals surface area contributed by atoms with E-state index in [1.807, 2.05) is 0 Å². The highest BCUT2D eigenvalue weighted by atomic mass is 32.2. The van der Waals surface area contributed by atoms with E-state index in [1.165, 1.54) is 12.3 Å². The van der Waals surface area contributed by atoms with Crippen molar-refractivity contribution >= 4 is 21.6 Å². The standard InChI is InChI=1S/C17H14F2N4O3S/c1-17(18,19)12-5-7-14(8-6-12)27(25,26)23-11-13(10-21-23)22-16(24)15-4-2-3-9-20-15/h2-11H,1H3,(H,22,24). The van der Waals surface area contributed by atoms with E-state index in [0.29, 0.717) is 4.09 Å². The van der Waals surface area contributed by atoms with Crippen molar-refractivity contribution in [2.45, 2.75) is 17.7 Å². The van der Waals surface area contributed by atoms with E-state index >= 15 is 0 Å². The molecule has 2 heterocycles. The fourth-order valence-corrected chi connectivity index (χ4v) is 3.34. The number of aromatic nitrogens is 3. The van der Waals surface area contributed by atoms with Crippen molar-refractivity contribution in [1.29, 1.82) is 0 Å². The summed E-state index contributed by atoms with van der Waals surface area (Å²) in [4.78, 5) is 15.7. The average Bonchev–Trinajstić information content (AvgIpc) is 3.11. The fraction of sp³-hybridized carbons (Fsp3) is 0.118. The van der Waals surface area contributed by atoms with Crippen LogP contribution in [0, 0.1) is 0 Å². The first-order valence-corrected chi connectivity index (χ1v) is 9.13. The van der Waals surface area contributed by atoms with Gasteiger partial charge in [-0.1, -0.05) is 18.2 Å². The Morgan fingerprint density at radius 1 is 1.15 bits per heavy atom. The third-order valence-electron chi connectivity index (χ3n) is 3.62. The van der Waals surface area contributed by atoms with Gasteiger partial charge < -0.3 is 5.32 Å². The Bertz CT molecular complexity index is 1060. The van der Waals surface area contributed by atoms with E-state index in [9.17, 15) is 22.0 Å². The number of hydrogen-bond acceptors (Lipinski definition) is 5. The molecule has 0 aliphatic rings. The lowest BCUT2D eigenvalue weighted by atomic mass is 10.1. The number of nitrogens with one attached hydrogen (secondary N) is 1. The van der Waals surface area contributed by atoms with Crippen LogP contribution in [0.5, 0.6) is 0 Å². The van der Waals surface area contributed by atoms with Crippen LogP contribution in [0.25, 0.3) is 0 Å². The highest BCUT2D eigenvalue weighted by Gasteiger charge is 2.25. The Morgan fingerprint density at radius 3 is 2.44 bits per heavy atom. The molecule has 0 saturated heterocycles. The fourth-order valence-electron chi connectivity index (χ4n) is 2.22. The summed E-state index contributed by atoms with van der Waals surface area (Å²) in [6, 6.07) is 9.04. The van der Waals surface area contributed by atoms with Crippen molar-refractivity contribution in [3.05, 3.63) is 72.3 Å². The molecule has 0 saturated carbocycles. The van der Waals surface area contributed by atoms with Crippen molar-refractivity contribution in [2.24, 2.45) is 0 Å². The van der Waals surface area contributed by atoms with Gasteiger partial charge in [0, 0.05) is 18.7 Å². The van der Waals surface area contributed by atoms with Gasteiger partial charge in [0.1, 0.15) is 5.69 Å². The number of rotatable bonds is 5. The highest BCUT2D eigenvalue weighted by Crippen LogP contribution is 2.28. The van der Waals surface area contributed by atoms with Gasteiger partial charge in [0.15, 0.2) is 0 Å². The molecule has 0 bridgehead atoms. The molecule has 1 aromatic carbocycles. The molecular formula is C17H14F2N4O3S. The highest BCUT2D eigenvalue weighted by molar-refractivity contribution is 7.89. The smallest absolute Gasteiger partial charge is 0.283 e. The number of halogens is 2. The molecule has 3 rings (SSSR count). The number of anilines is 1. The van der Waals surface area contributed by atoms with Crippen LogP contribution in [0.3, 0.4) is 0 Å². The van der Waals surface area contributed by atoms with Gasteiger partial charge in [0.05, 0.1) is 23.0 Å². The topological polar surface area (TPSA) is 94.0 Å². The number of pyridine rings is 1. The molecule has 0 atom stereocenters. The normalized spacial score (nSPS) is 12.0. The molecule has 7 nitrogen and oxygen atoms in total. The van der Waals surface area contributed by atoms with Crippen LogP contribution in [-0.4, -0.2) is 28.5 Å². The molecule has 1 amide bonds. The molecular weight excluding hydrogens is 378 g/mol. The number of amides is 1. The summed E-state index contributed by atoms with van der Waals surface area (Å²) < 4.78 is 52.3. The minimum Gasteiger partial charge on any atom is -0.318 e. The number of nitrogens with zero attached hydrogens (tertiary/aromatic N) is 3. The molecule has 3 aromatic rings. The summed E-state index contributed by atoms with van der Waals surface area (Å²) >= 11 is 0. The van der Waals surface area contributed by atoms with Crippen LogP contribution < -0.4 is 5.32 Å². The molecule has 140 valence electrons. The van der Waals surface area contributed by atoms with E-state index in [0.717, 1.165) is 43.6 Å². The maximum absolute atomic E-state index is 13.3. The SMILES string of the molecule is CC(F)(F)c1ccc(S(=O)(=O)n2cc(NC(=O)c3ccccn3)cn2)cc1. The van der Waals surface area contributed by atoms with Crippen molar-refractivity contribution in [3.63, 3.8) is 0 Å². The van der Waals surface area contributed by atoms with Crippen LogP contribution in [0.15, 0.2) is 66.0 Å². The van der Waals surface area contributed by atoms with Crippen molar-refractivity contribution in [2.75, 3.05) is 5.32 Å². The zero-order valence-corrected chi connectivity index (χ0v) is 14.8. The molecule has 10 heteroatoms. The van der Waals surface area contributed by atoms with E-state index in [4.69, 9.17) is 0 Å². The molecule has 0 spiro atoms. The number of carbonyl (C=O) groups excluding carboxylic acids is 1. The second kappa shape index (κ2) is 6.88. The predicted octanol–water partition coefficient (Wildman–Crippen LogP) is 2.88. The summed E-state index contributed by atoms with van der Waals surface area (Å²) in [5.74, 6) is -3.60. The molecule has 0 radical (unpaired) electrons. The minimum atomic E-state index is -4.09. The predicted molar refractivity (Wildman–Crippen MR) is 93.0 cm³/mol. The van der Waals surface area contributed by atoms with Gasteiger partial charge in [-0.05, 0) is 24.3 Å². The summed E-state index contributed by atoms with van der Waals surface area (Å²) in [5.41, 5.74) is 0.000332. The monoisotopic (exact) mass is 392 g/mol. The van der Waals surface area contributed by atoms with Crippen LogP contribution in [-0.2, 0) is 15.9 Å². The summed E-state index contributed by atoms with van der Waals surface area (Å²) in [6.07, 6.45) is 3.72. The molecule has 27 heavy (non-hydrogen) atoms. The third kappa shape index (κ3) is 4.00. The Morgan fingerprint density at radius 2 is 1.85 bits per heavy atom. The van der Waals surface area contributed by atoms with Crippen molar-refractivity contribution in [1.82, 2.24) is 14.2 Å². The van der Waals surface area contributed by atoms with Gasteiger partial charge >= 0.3 is 0 Å². The first kappa shape index (κ1) is 18.6. The van der Waals surface area contributed by atoms with Gasteiger partial charge in [-0.2, -0.15) is 17.6 Å². The lowest BCUT2D eigenvalue weighted by molar-refractivity contribution is 0.0174. The lowest BCUT2D eigenvalue weighted by Crippen LogP contribution is -2.15. The minimum absolute atomic E-state index is 0.144. The van der Waals surface area contributed by atoms with Gasteiger partial charge in [0.2, 0.25) is 0 Å². The maximum Gasteiger partial charge on any atom is 0.283 e. The maximum atomic E-state index is 13.3. The second-order valence-corrected chi connectivity index (χ2v) is 7.48. The first-order chi connectivity index (χ1) is 12.7. The molecule has 0 fully saturated rings. The van der Waals surface area contributed by atoms with Crippen molar-refractivity contribution < 1.29 is 22.0 Å². The van der Waals surface area contributed by atoms with Crippen LogP contribution in [0.2, 0.25) is 0 Å². The number of carbonyl (C=O) groups is 1. The summed E-state index contributed by atoms with van der Waals surface area (Å²) in [5, 5.41) is 6.21. The van der Waals surface area contributed by atoms with Gasteiger partial charge in [-0.3, -0.25) is 9.78 Å². The number of alkyl halides is 2. The number of benzene rings is 1. The summed E-state index contributed by atoms with van der Waals surface area (Å²) in [6.45, 7) is 0.723. The van der Waals surface area contributed by atoms with Gasteiger partial charge in [-0.15, -0.1) is 0 Å². The largest absolute Gasteiger partial charge is 0.318 e. The zero-order valence-electron chi connectivity index (χ0n) is 14.0. The van der Waals surface area contributed by atoms with Crippen LogP contribution in [0.1, 0.15) is 23.0 Å². The van der Waals surface area contributed by atoms with Gasteiger partial charge in [-0.25, -0.2) is 8.78 Å². The van der Waals surface area contributed by atoms with Gasteiger partial charge in [0.25, 0.3) is 21.9 Å². The van der Waals surface area contributed by atoms with E-state index < -0.39 is 21.9 Å². The lowest BCUT2D eigenvalue weighted by Gasteiger charge is -2.11. The molecule has 2 aromatic heterocycles. The molecule has 0 aliphatic carbocycles. The van der Waals surface area contributed by atoms with Crippen molar-refractivity contribution in [3.8, 4) is 0 Å². The second-order valence-electron chi connectivity index (χ2n) is 5.69. The Balaban J connectivity index is 1.81. The van der Waals surface area contributed by atoms with E-state index in [1.54, 1.807) is 12.1 Å². The zero-order chi connectivity index (χ0) is 19.7. The molecule has 0 aliphatic heterocycles. The summed E-state index contributed by atoms with van der Waals surface area (Å²) in [7, 11) is -4.09. The quantitative estimate of drug-likeness (QED) is 0.721. The first-order valence-electron chi connectivity index (χ1n) is 7.69. The molecule has 1 N–H and O–H groups in total. The van der Waals surface area contributed by atoms with E-state index in [-0.39, 0.29) is 21.8 Å². The van der Waals surface area contributed by atoms with Crippen LogP contribution in [0.4, 0.5) is 14.5 Å². The Kier molecular flexibility index (Phi) is 4.75. The average molecular weight is 392 g/mol. The Hall–Kier alpha value is -3.14. The number of hydrogen-bond donors (Lipinski definition) is 1. The third-order valence-corrected chi connectivity index (χ3v) is 5.18. The Labute approximate surface area is 153 Å². The van der Waals surface area contributed by atoms with Crippen LogP contribution >= 0.6 is 0 Å². The van der Waals surface area contributed by atoms with E-state index in [2.05, 4.69) is 15.4 Å². The molecule has 0 unspecified atom stereocenters.